The van der Waals surface area contributed by atoms with Crippen LogP contribution in [0.1, 0.15) is 278 Å². The second-order valence-corrected chi connectivity index (χ2v) is 21.3. The fourth-order valence-corrected chi connectivity index (χ4v) is 8.66. The SMILES string of the molecule is CC/C=C\C/C=C\C/C=C\C/C=C\C/C=C\C/C=C\C/C=C\CCCCCC(=O)OC(COC(=O)CCCCCCCCCC/C=C\C/C=C\C/C=C\C/C=C\C/C=C\C/C=C\CC)COC(=O)CCCCCCCCCCCCC. The van der Waals surface area contributed by atoms with Gasteiger partial charge in [0.1, 0.15) is 13.2 Å². The molecule has 0 heterocycles. The highest BCUT2D eigenvalue weighted by Crippen LogP contribution is 2.15. The van der Waals surface area contributed by atoms with Gasteiger partial charge in [0.15, 0.2) is 6.10 Å². The van der Waals surface area contributed by atoms with Gasteiger partial charge in [-0.15, -0.1) is 0 Å². The maximum Gasteiger partial charge on any atom is 0.306 e. The standard InChI is InChI=1S/C75H120O6/c1-4-7-10-13-16-19-22-24-26-28-30-32-34-36-37-39-40-42-44-46-48-50-53-56-59-62-65-68-74(77)80-71-72(70-79-73(76)67-64-61-58-55-52-21-18-15-12-9-6-3)81-75(78)69-66-63-60-57-54-51-49-47-45-43-41-38-35-33-31-29-27-25-23-20-17-14-11-8-5-2/h7-8,10-11,16-17,19-20,24-27,30-33,36-38,40-42,45,47,51,54,72H,4-6,9,12-15,18,21-23,28-29,34-35,39,43-44,46,48-50,52-53,55-71H2,1-3H3/b10-7-,11-8-,19-16-,20-17-,26-24-,27-25-,32-30-,33-31-,37-36-,41-38-,42-40-,47-45-,54-51-. The van der Waals surface area contributed by atoms with E-state index < -0.39 is 6.10 Å². The predicted molar refractivity (Wildman–Crippen MR) is 352 cm³/mol. The van der Waals surface area contributed by atoms with Gasteiger partial charge < -0.3 is 14.2 Å². The lowest BCUT2D eigenvalue weighted by atomic mass is 10.1. The van der Waals surface area contributed by atoms with Crippen LogP contribution in [0.4, 0.5) is 0 Å². The molecule has 0 aromatic carbocycles. The van der Waals surface area contributed by atoms with Crippen molar-refractivity contribution < 1.29 is 28.6 Å². The Labute approximate surface area is 499 Å². The van der Waals surface area contributed by atoms with Crippen molar-refractivity contribution >= 4 is 17.9 Å². The van der Waals surface area contributed by atoms with Gasteiger partial charge in [0.25, 0.3) is 0 Å². The van der Waals surface area contributed by atoms with Gasteiger partial charge in [-0.25, -0.2) is 0 Å². The summed E-state index contributed by atoms with van der Waals surface area (Å²) in [6.45, 7) is 6.37. The molecule has 6 heteroatoms. The first-order chi connectivity index (χ1) is 40.0. The van der Waals surface area contributed by atoms with Crippen LogP contribution < -0.4 is 0 Å². The molecule has 81 heavy (non-hydrogen) atoms. The zero-order chi connectivity index (χ0) is 58.5. The van der Waals surface area contributed by atoms with Crippen molar-refractivity contribution in [2.75, 3.05) is 13.2 Å². The summed E-state index contributed by atoms with van der Waals surface area (Å²) in [7, 11) is 0. The molecule has 0 bridgehead atoms. The Bertz CT molecular complexity index is 1810. The van der Waals surface area contributed by atoms with Gasteiger partial charge in [-0.3, -0.25) is 14.4 Å². The number of hydrogen-bond acceptors (Lipinski definition) is 6. The molecule has 0 spiro atoms. The van der Waals surface area contributed by atoms with Crippen molar-refractivity contribution in [2.45, 2.75) is 284 Å². The van der Waals surface area contributed by atoms with Crippen LogP contribution in [0.5, 0.6) is 0 Å². The van der Waals surface area contributed by atoms with Crippen LogP contribution in [-0.4, -0.2) is 37.2 Å². The second-order valence-electron chi connectivity index (χ2n) is 21.3. The quantitative estimate of drug-likeness (QED) is 0.0261. The topological polar surface area (TPSA) is 78.9 Å². The zero-order valence-electron chi connectivity index (χ0n) is 52.2. The van der Waals surface area contributed by atoms with E-state index in [1.165, 1.54) is 83.5 Å². The summed E-state index contributed by atoms with van der Waals surface area (Å²) < 4.78 is 16.9. The summed E-state index contributed by atoms with van der Waals surface area (Å²) in [6.07, 6.45) is 98.2. The number of ether oxygens (including phenoxy) is 3. The van der Waals surface area contributed by atoms with Crippen LogP contribution in [0.2, 0.25) is 0 Å². The highest BCUT2D eigenvalue weighted by atomic mass is 16.6. The lowest BCUT2D eigenvalue weighted by Gasteiger charge is -2.18. The lowest BCUT2D eigenvalue weighted by molar-refractivity contribution is -0.167. The van der Waals surface area contributed by atoms with E-state index in [-0.39, 0.29) is 37.5 Å². The van der Waals surface area contributed by atoms with Gasteiger partial charge in [0.2, 0.25) is 0 Å². The molecule has 0 radical (unpaired) electrons. The fraction of sp³-hybridized carbons (Fsp3) is 0.613. The molecule has 0 saturated heterocycles. The maximum atomic E-state index is 12.9. The second kappa shape index (κ2) is 67.5. The summed E-state index contributed by atoms with van der Waals surface area (Å²) in [4.78, 5) is 38.3. The minimum Gasteiger partial charge on any atom is -0.462 e. The van der Waals surface area contributed by atoms with Crippen LogP contribution in [0.25, 0.3) is 0 Å². The molecular formula is C75H120O6. The summed E-state index contributed by atoms with van der Waals surface area (Å²) in [5.41, 5.74) is 0. The first-order valence-corrected chi connectivity index (χ1v) is 33.0. The third kappa shape index (κ3) is 65.7. The van der Waals surface area contributed by atoms with Gasteiger partial charge in [-0.2, -0.15) is 0 Å². The maximum absolute atomic E-state index is 12.9. The van der Waals surface area contributed by atoms with Gasteiger partial charge >= 0.3 is 17.9 Å². The van der Waals surface area contributed by atoms with Crippen LogP contribution in [-0.2, 0) is 28.6 Å². The minimum absolute atomic E-state index is 0.0984. The number of carbonyl (C=O) groups excluding carboxylic acids is 3. The van der Waals surface area contributed by atoms with E-state index >= 15 is 0 Å². The van der Waals surface area contributed by atoms with Crippen LogP contribution in [0, 0.1) is 0 Å². The van der Waals surface area contributed by atoms with Crippen LogP contribution in [0.15, 0.2) is 158 Å². The van der Waals surface area contributed by atoms with E-state index in [1.807, 2.05) is 0 Å². The average molecular weight is 1120 g/mol. The van der Waals surface area contributed by atoms with Gasteiger partial charge in [-0.1, -0.05) is 288 Å². The number of esters is 3. The fourth-order valence-electron chi connectivity index (χ4n) is 8.66. The molecule has 0 fully saturated rings. The molecule has 6 nitrogen and oxygen atoms in total. The normalized spacial score (nSPS) is 13.2. The summed E-state index contributed by atoms with van der Waals surface area (Å²) in [5, 5.41) is 0. The Morgan fingerprint density at radius 3 is 0.765 bits per heavy atom. The van der Waals surface area contributed by atoms with E-state index in [0.29, 0.717) is 12.8 Å². The molecule has 1 atom stereocenters. The minimum atomic E-state index is -0.806. The Balaban J connectivity index is 4.40. The molecule has 0 saturated carbocycles. The van der Waals surface area contributed by atoms with E-state index in [0.717, 1.165) is 154 Å². The predicted octanol–water partition coefficient (Wildman–Crippen LogP) is 22.9. The molecule has 0 aromatic heterocycles. The van der Waals surface area contributed by atoms with E-state index in [1.54, 1.807) is 0 Å². The van der Waals surface area contributed by atoms with E-state index in [2.05, 4.69) is 179 Å². The van der Waals surface area contributed by atoms with Crippen molar-refractivity contribution in [1.82, 2.24) is 0 Å². The highest BCUT2D eigenvalue weighted by Gasteiger charge is 2.19. The summed E-state index contributed by atoms with van der Waals surface area (Å²) >= 11 is 0. The summed E-state index contributed by atoms with van der Waals surface area (Å²) in [5.74, 6) is -0.942. The molecule has 0 aromatic rings. The Morgan fingerprint density at radius 1 is 0.259 bits per heavy atom. The first-order valence-electron chi connectivity index (χ1n) is 33.0. The first kappa shape index (κ1) is 76.0. The molecule has 0 amide bonds. The van der Waals surface area contributed by atoms with Gasteiger partial charge in [0.05, 0.1) is 0 Å². The molecule has 1 unspecified atom stereocenters. The monoisotopic (exact) mass is 1120 g/mol. The number of unbranched alkanes of at least 4 members (excludes halogenated alkanes) is 21. The van der Waals surface area contributed by atoms with Crippen molar-refractivity contribution in [2.24, 2.45) is 0 Å². The zero-order valence-corrected chi connectivity index (χ0v) is 52.2. The lowest BCUT2D eigenvalue weighted by Crippen LogP contribution is -2.30. The Kier molecular flexibility index (Phi) is 63.4. The Morgan fingerprint density at radius 2 is 0.481 bits per heavy atom. The largest absolute Gasteiger partial charge is 0.462 e. The number of carbonyl (C=O) groups is 3. The third-order valence-corrected chi connectivity index (χ3v) is 13.5. The van der Waals surface area contributed by atoms with Crippen molar-refractivity contribution in [3.8, 4) is 0 Å². The van der Waals surface area contributed by atoms with Gasteiger partial charge in [0, 0.05) is 19.3 Å². The molecule has 0 aliphatic carbocycles. The smallest absolute Gasteiger partial charge is 0.306 e. The van der Waals surface area contributed by atoms with Crippen molar-refractivity contribution in [3.05, 3.63) is 158 Å². The molecule has 0 aliphatic rings. The molecule has 0 N–H and O–H groups in total. The van der Waals surface area contributed by atoms with Crippen molar-refractivity contribution in [3.63, 3.8) is 0 Å². The Hall–Kier alpha value is -4.97. The van der Waals surface area contributed by atoms with Crippen molar-refractivity contribution in [1.29, 1.82) is 0 Å². The third-order valence-electron chi connectivity index (χ3n) is 13.5. The molecule has 0 aliphatic heterocycles. The van der Waals surface area contributed by atoms with E-state index in [4.69, 9.17) is 14.2 Å². The molecule has 456 valence electrons. The van der Waals surface area contributed by atoms with Crippen LogP contribution >= 0.6 is 0 Å². The highest BCUT2D eigenvalue weighted by molar-refractivity contribution is 5.71. The van der Waals surface area contributed by atoms with Gasteiger partial charge in [-0.05, 0) is 128 Å². The average Bonchev–Trinajstić information content (AvgIpc) is 3.47. The molecule has 0 rings (SSSR count). The number of hydrogen-bond donors (Lipinski definition) is 0. The summed E-state index contributed by atoms with van der Waals surface area (Å²) in [6, 6.07) is 0. The van der Waals surface area contributed by atoms with Crippen LogP contribution in [0.3, 0.4) is 0 Å². The number of allylic oxidation sites excluding steroid dienone is 26. The molecular weight excluding hydrogens is 997 g/mol. The van der Waals surface area contributed by atoms with E-state index in [9.17, 15) is 14.4 Å². The number of rotatable bonds is 58.